The molecule has 0 atom stereocenters. The number of amides is 1. The lowest BCUT2D eigenvalue weighted by Crippen LogP contribution is -2.46. The molecule has 6 heteroatoms. The molecular weight excluding hydrogens is 264 g/mol. The van der Waals surface area contributed by atoms with Crippen LogP contribution in [0, 0.1) is 5.92 Å². The maximum Gasteiger partial charge on any atom is 0.225 e. The summed E-state index contributed by atoms with van der Waals surface area (Å²) >= 11 is 0. The van der Waals surface area contributed by atoms with Crippen molar-refractivity contribution in [3.63, 3.8) is 0 Å². The first-order valence-electron chi connectivity index (χ1n) is 7.04. The molecule has 0 aromatic heterocycles. The molecule has 2 rings (SSSR count). The van der Waals surface area contributed by atoms with Crippen molar-refractivity contribution in [1.29, 1.82) is 0 Å². The van der Waals surface area contributed by atoms with E-state index in [4.69, 9.17) is 0 Å². The van der Waals surface area contributed by atoms with Crippen LogP contribution in [0.2, 0.25) is 0 Å². The van der Waals surface area contributed by atoms with Gasteiger partial charge in [-0.05, 0) is 45.8 Å². The monoisotopic (exact) mass is 288 g/mol. The summed E-state index contributed by atoms with van der Waals surface area (Å²) in [7, 11) is -0.870. The van der Waals surface area contributed by atoms with Gasteiger partial charge in [-0.15, -0.1) is 0 Å². The number of nitrogens with zero attached hydrogens (tertiary/aromatic N) is 2. The van der Waals surface area contributed by atoms with Crippen molar-refractivity contribution in [3.8, 4) is 0 Å². The van der Waals surface area contributed by atoms with Crippen LogP contribution >= 0.6 is 0 Å². The van der Waals surface area contributed by atoms with Gasteiger partial charge in [0.2, 0.25) is 5.91 Å². The first-order chi connectivity index (χ1) is 8.88. The van der Waals surface area contributed by atoms with Gasteiger partial charge in [-0.2, -0.15) is 0 Å². The molecule has 2 fully saturated rings. The van der Waals surface area contributed by atoms with E-state index in [1.165, 1.54) is 6.26 Å². The number of piperidine rings is 2. The number of likely N-dealkylation sites (tertiary alicyclic amines) is 2. The Balaban J connectivity index is 1.86. The summed E-state index contributed by atoms with van der Waals surface area (Å²) in [6, 6.07) is 0. The Morgan fingerprint density at radius 1 is 1.00 bits per heavy atom. The molecule has 2 saturated heterocycles. The molecule has 19 heavy (non-hydrogen) atoms. The van der Waals surface area contributed by atoms with Crippen molar-refractivity contribution in [2.24, 2.45) is 5.92 Å². The normalized spacial score (nSPS) is 24.6. The molecule has 0 unspecified atom stereocenters. The van der Waals surface area contributed by atoms with E-state index >= 15 is 0 Å². The van der Waals surface area contributed by atoms with E-state index in [9.17, 15) is 13.2 Å². The number of carbonyl (C=O) groups excluding carboxylic acids is 1. The first kappa shape index (κ1) is 14.8. The van der Waals surface area contributed by atoms with E-state index in [2.05, 4.69) is 11.9 Å². The van der Waals surface area contributed by atoms with Gasteiger partial charge in [0.25, 0.3) is 0 Å². The van der Waals surface area contributed by atoms with E-state index in [-0.39, 0.29) is 17.1 Å². The molecule has 110 valence electrons. The summed E-state index contributed by atoms with van der Waals surface area (Å²) in [5, 5.41) is -0.256. The lowest BCUT2D eigenvalue weighted by atomic mass is 9.94. The van der Waals surface area contributed by atoms with Crippen LogP contribution in [-0.4, -0.2) is 68.9 Å². The van der Waals surface area contributed by atoms with Crippen LogP contribution in [0.25, 0.3) is 0 Å². The average molecular weight is 288 g/mol. The highest BCUT2D eigenvalue weighted by Crippen LogP contribution is 2.23. The maximum absolute atomic E-state index is 12.4. The molecule has 0 aliphatic carbocycles. The van der Waals surface area contributed by atoms with Crippen molar-refractivity contribution in [2.75, 3.05) is 39.5 Å². The first-order valence-corrected chi connectivity index (χ1v) is 8.99. The van der Waals surface area contributed by atoms with E-state index in [0.717, 1.165) is 25.9 Å². The van der Waals surface area contributed by atoms with Gasteiger partial charge < -0.3 is 9.80 Å². The molecule has 2 heterocycles. The third kappa shape index (κ3) is 3.69. The second kappa shape index (κ2) is 5.79. The fourth-order valence-electron chi connectivity index (χ4n) is 3.02. The number of hydrogen-bond donors (Lipinski definition) is 0. The van der Waals surface area contributed by atoms with Crippen LogP contribution in [0.5, 0.6) is 0 Å². The minimum atomic E-state index is -2.95. The molecule has 0 bridgehead atoms. The fraction of sp³-hybridized carbons (Fsp3) is 0.923. The summed E-state index contributed by atoms with van der Waals surface area (Å²) < 4.78 is 23.0. The Morgan fingerprint density at radius 2 is 1.53 bits per heavy atom. The molecular formula is C13H24N2O3S. The smallest absolute Gasteiger partial charge is 0.225 e. The van der Waals surface area contributed by atoms with Gasteiger partial charge in [0.05, 0.1) is 5.25 Å². The molecule has 0 saturated carbocycles. The third-order valence-electron chi connectivity index (χ3n) is 4.43. The SMILES string of the molecule is CN1CCC(C(=O)N2CCC(S(C)(=O)=O)CC2)CC1. The largest absolute Gasteiger partial charge is 0.342 e. The molecule has 0 radical (unpaired) electrons. The summed E-state index contributed by atoms with van der Waals surface area (Å²) in [6.07, 6.45) is 4.35. The maximum atomic E-state index is 12.4. The zero-order chi connectivity index (χ0) is 14.0. The number of rotatable bonds is 2. The Morgan fingerprint density at radius 3 is 2.00 bits per heavy atom. The van der Waals surface area contributed by atoms with Gasteiger partial charge in [-0.1, -0.05) is 0 Å². The van der Waals surface area contributed by atoms with Crippen molar-refractivity contribution >= 4 is 15.7 Å². The van der Waals surface area contributed by atoms with Gasteiger partial charge in [-0.25, -0.2) is 8.42 Å². The van der Waals surface area contributed by atoms with Crippen molar-refractivity contribution in [3.05, 3.63) is 0 Å². The topological polar surface area (TPSA) is 57.7 Å². The highest BCUT2D eigenvalue weighted by atomic mass is 32.2. The van der Waals surface area contributed by atoms with Crippen molar-refractivity contribution < 1.29 is 13.2 Å². The molecule has 0 aromatic rings. The average Bonchev–Trinajstić information content (AvgIpc) is 2.38. The predicted octanol–water partition coefficient (Wildman–Crippen LogP) is 0.364. The molecule has 2 aliphatic heterocycles. The van der Waals surface area contributed by atoms with Crippen molar-refractivity contribution in [2.45, 2.75) is 30.9 Å². The van der Waals surface area contributed by atoms with Gasteiger partial charge in [0, 0.05) is 25.3 Å². The van der Waals surface area contributed by atoms with Crippen molar-refractivity contribution in [1.82, 2.24) is 9.80 Å². The van der Waals surface area contributed by atoms with Crippen LogP contribution in [0.3, 0.4) is 0 Å². The van der Waals surface area contributed by atoms with Gasteiger partial charge in [0.15, 0.2) is 0 Å². The fourth-order valence-corrected chi connectivity index (χ4v) is 4.09. The second-order valence-electron chi connectivity index (χ2n) is 5.93. The summed E-state index contributed by atoms with van der Waals surface area (Å²) in [5.41, 5.74) is 0. The minimum Gasteiger partial charge on any atom is -0.342 e. The molecule has 1 amide bonds. The van der Waals surface area contributed by atoms with E-state index < -0.39 is 9.84 Å². The van der Waals surface area contributed by atoms with Gasteiger partial charge >= 0.3 is 0 Å². The number of hydrogen-bond acceptors (Lipinski definition) is 4. The standard InChI is InChI=1S/C13H24N2O3S/c1-14-7-3-11(4-8-14)13(16)15-9-5-12(6-10-15)19(2,17)18/h11-12H,3-10H2,1-2H3. The summed E-state index contributed by atoms with van der Waals surface area (Å²) in [4.78, 5) is 16.5. The van der Waals surface area contributed by atoms with Crippen LogP contribution in [0.1, 0.15) is 25.7 Å². The second-order valence-corrected chi connectivity index (χ2v) is 8.26. The van der Waals surface area contributed by atoms with Crippen LogP contribution in [-0.2, 0) is 14.6 Å². The lowest BCUT2D eigenvalue weighted by molar-refractivity contribution is -0.137. The minimum absolute atomic E-state index is 0.144. The summed E-state index contributed by atoms with van der Waals surface area (Å²) in [5.74, 6) is 0.381. The molecule has 0 N–H and O–H groups in total. The highest BCUT2D eigenvalue weighted by Gasteiger charge is 2.32. The lowest BCUT2D eigenvalue weighted by Gasteiger charge is -2.36. The van der Waals surface area contributed by atoms with E-state index in [1.807, 2.05) is 4.90 Å². The Labute approximate surface area is 115 Å². The zero-order valence-electron chi connectivity index (χ0n) is 11.8. The van der Waals surface area contributed by atoms with E-state index in [1.54, 1.807) is 0 Å². The molecule has 0 spiro atoms. The Kier molecular flexibility index (Phi) is 4.50. The highest BCUT2D eigenvalue weighted by molar-refractivity contribution is 7.91. The van der Waals surface area contributed by atoms with Crippen LogP contribution < -0.4 is 0 Å². The predicted molar refractivity (Wildman–Crippen MR) is 74.7 cm³/mol. The number of sulfone groups is 1. The number of carbonyl (C=O) groups is 1. The third-order valence-corrected chi connectivity index (χ3v) is 6.11. The quantitative estimate of drug-likeness (QED) is 0.736. The summed E-state index contributed by atoms with van der Waals surface area (Å²) in [6.45, 7) is 3.16. The van der Waals surface area contributed by atoms with Gasteiger partial charge in [-0.3, -0.25) is 4.79 Å². The molecule has 5 nitrogen and oxygen atoms in total. The van der Waals surface area contributed by atoms with E-state index in [0.29, 0.717) is 25.9 Å². The Bertz CT molecular complexity index is 419. The zero-order valence-corrected chi connectivity index (χ0v) is 12.7. The molecule has 0 aromatic carbocycles. The Hall–Kier alpha value is -0.620. The van der Waals surface area contributed by atoms with Crippen LogP contribution in [0.4, 0.5) is 0 Å². The van der Waals surface area contributed by atoms with Crippen LogP contribution in [0.15, 0.2) is 0 Å². The molecule has 2 aliphatic rings. The van der Waals surface area contributed by atoms with Gasteiger partial charge in [0.1, 0.15) is 9.84 Å².